The van der Waals surface area contributed by atoms with Crippen LogP contribution >= 0.6 is 11.8 Å². The Hall–Kier alpha value is -3.04. The maximum atomic E-state index is 13.2. The standard InChI is InChI=1S/C24H26N2O6S/c1-23(2)19(20(29)32-13-16-9-5-3-6-10-16)26-21(30)24(15-27,22(26)33-23)25-18(28)14-31-17-11-7-4-8-12-17/h3-12,19,22,27H,13-15H2,1-2H3,(H,25,28)/t19-,22+,24?/m0/s1. The van der Waals surface area contributed by atoms with Crippen LogP contribution in [0.25, 0.3) is 0 Å². The number of esters is 1. The van der Waals surface area contributed by atoms with Gasteiger partial charge in [0.2, 0.25) is 0 Å². The number of fused-ring (bicyclic) bond motifs is 1. The van der Waals surface area contributed by atoms with Crippen LogP contribution < -0.4 is 10.1 Å². The maximum absolute atomic E-state index is 13.2. The summed E-state index contributed by atoms with van der Waals surface area (Å²) in [6.45, 7) is 2.91. The van der Waals surface area contributed by atoms with Gasteiger partial charge in [-0.25, -0.2) is 4.79 Å². The number of aliphatic hydroxyl groups excluding tert-OH is 1. The van der Waals surface area contributed by atoms with Crippen molar-refractivity contribution in [3.63, 3.8) is 0 Å². The van der Waals surface area contributed by atoms with Crippen molar-refractivity contribution >= 4 is 29.5 Å². The first-order valence-electron chi connectivity index (χ1n) is 10.6. The smallest absolute Gasteiger partial charge is 0.330 e. The summed E-state index contributed by atoms with van der Waals surface area (Å²) < 4.78 is 10.3. The number of carbonyl (C=O) groups is 3. The summed E-state index contributed by atoms with van der Waals surface area (Å²) in [6.07, 6.45) is 0. The Morgan fingerprint density at radius 1 is 1.09 bits per heavy atom. The maximum Gasteiger partial charge on any atom is 0.330 e. The average molecular weight is 471 g/mol. The van der Waals surface area contributed by atoms with Crippen LogP contribution in [0, 0.1) is 0 Å². The van der Waals surface area contributed by atoms with E-state index in [1.165, 1.54) is 16.7 Å². The van der Waals surface area contributed by atoms with E-state index in [4.69, 9.17) is 9.47 Å². The number of amides is 2. The number of β-lactam (4-membered cyclic amide) rings is 1. The van der Waals surface area contributed by atoms with Gasteiger partial charge in [-0.05, 0) is 31.5 Å². The number of aliphatic hydroxyl groups is 1. The predicted molar refractivity (Wildman–Crippen MR) is 122 cm³/mol. The molecule has 174 valence electrons. The predicted octanol–water partition coefficient (Wildman–Crippen LogP) is 1.72. The van der Waals surface area contributed by atoms with E-state index in [0.717, 1.165) is 5.56 Å². The van der Waals surface area contributed by atoms with E-state index in [9.17, 15) is 19.5 Å². The van der Waals surface area contributed by atoms with Crippen molar-refractivity contribution < 1.29 is 29.0 Å². The van der Waals surface area contributed by atoms with Crippen LogP contribution in [0.15, 0.2) is 60.7 Å². The number of carbonyl (C=O) groups excluding carboxylic acids is 3. The summed E-state index contributed by atoms with van der Waals surface area (Å²) in [7, 11) is 0. The fourth-order valence-electron chi connectivity index (χ4n) is 4.17. The zero-order valence-corrected chi connectivity index (χ0v) is 19.2. The molecule has 0 radical (unpaired) electrons. The minimum Gasteiger partial charge on any atom is -0.484 e. The van der Waals surface area contributed by atoms with Crippen molar-refractivity contribution in [1.82, 2.24) is 10.2 Å². The molecule has 0 saturated carbocycles. The van der Waals surface area contributed by atoms with E-state index >= 15 is 0 Å². The molecule has 33 heavy (non-hydrogen) atoms. The first-order valence-corrected chi connectivity index (χ1v) is 11.5. The van der Waals surface area contributed by atoms with Gasteiger partial charge >= 0.3 is 5.97 Å². The molecule has 0 aromatic heterocycles. The summed E-state index contributed by atoms with van der Waals surface area (Å²) in [5.41, 5.74) is -0.663. The highest BCUT2D eigenvalue weighted by Crippen LogP contribution is 2.55. The molecule has 2 N–H and O–H groups in total. The summed E-state index contributed by atoms with van der Waals surface area (Å²) >= 11 is 1.36. The molecule has 8 nitrogen and oxygen atoms in total. The molecule has 0 bridgehead atoms. The minimum atomic E-state index is -1.51. The molecule has 2 aromatic carbocycles. The van der Waals surface area contributed by atoms with Gasteiger partial charge in [0.25, 0.3) is 11.8 Å². The fraction of sp³-hybridized carbons (Fsp3) is 0.375. The molecule has 2 aliphatic rings. The van der Waals surface area contributed by atoms with Gasteiger partial charge in [-0.1, -0.05) is 48.5 Å². The Balaban J connectivity index is 1.43. The zero-order valence-electron chi connectivity index (χ0n) is 18.4. The number of hydrogen-bond donors (Lipinski definition) is 2. The Morgan fingerprint density at radius 3 is 2.36 bits per heavy atom. The van der Waals surface area contributed by atoms with Gasteiger partial charge in [-0.15, -0.1) is 11.8 Å². The van der Waals surface area contributed by atoms with Crippen molar-refractivity contribution in [3.05, 3.63) is 66.2 Å². The molecule has 2 fully saturated rings. The Labute approximate surface area is 196 Å². The third kappa shape index (κ3) is 4.30. The fourth-order valence-corrected chi connectivity index (χ4v) is 5.85. The van der Waals surface area contributed by atoms with Crippen LogP contribution in [0.5, 0.6) is 5.75 Å². The second kappa shape index (κ2) is 9.07. The van der Waals surface area contributed by atoms with Crippen LogP contribution in [-0.4, -0.2) is 62.7 Å². The van der Waals surface area contributed by atoms with E-state index in [2.05, 4.69) is 5.32 Å². The van der Waals surface area contributed by atoms with Gasteiger partial charge < -0.3 is 24.8 Å². The molecular formula is C24H26N2O6S. The second-order valence-corrected chi connectivity index (χ2v) is 10.3. The van der Waals surface area contributed by atoms with Crippen molar-refractivity contribution in [3.8, 4) is 5.75 Å². The van der Waals surface area contributed by atoms with E-state index < -0.39 is 46.1 Å². The Morgan fingerprint density at radius 2 is 1.73 bits per heavy atom. The summed E-state index contributed by atoms with van der Waals surface area (Å²) in [4.78, 5) is 40.1. The van der Waals surface area contributed by atoms with Crippen LogP contribution in [-0.2, 0) is 25.7 Å². The molecule has 0 aliphatic carbocycles. The van der Waals surface area contributed by atoms with E-state index in [1.807, 2.05) is 50.2 Å². The van der Waals surface area contributed by atoms with Gasteiger partial charge in [0.05, 0.1) is 6.61 Å². The molecule has 2 aromatic rings. The van der Waals surface area contributed by atoms with E-state index in [0.29, 0.717) is 5.75 Å². The third-order valence-corrected chi connectivity index (χ3v) is 7.50. The molecule has 2 aliphatic heterocycles. The van der Waals surface area contributed by atoms with Gasteiger partial charge in [0, 0.05) is 4.75 Å². The minimum absolute atomic E-state index is 0.0995. The molecule has 1 unspecified atom stereocenters. The quantitative estimate of drug-likeness (QED) is 0.447. The molecular weight excluding hydrogens is 444 g/mol. The molecule has 2 saturated heterocycles. The third-order valence-electron chi connectivity index (χ3n) is 5.81. The Bertz CT molecular complexity index is 1030. The number of nitrogens with one attached hydrogen (secondary N) is 1. The molecule has 2 heterocycles. The number of nitrogens with zero attached hydrogens (tertiary/aromatic N) is 1. The molecule has 3 atom stereocenters. The number of thioether (sulfide) groups is 1. The van der Waals surface area contributed by atoms with Crippen LogP contribution in [0.4, 0.5) is 0 Å². The number of hydrogen-bond acceptors (Lipinski definition) is 7. The van der Waals surface area contributed by atoms with Gasteiger partial charge in [0.15, 0.2) is 12.1 Å². The topological polar surface area (TPSA) is 105 Å². The van der Waals surface area contributed by atoms with E-state index in [-0.39, 0.29) is 13.2 Å². The van der Waals surface area contributed by atoms with Crippen LogP contribution in [0.1, 0.15) is 19.4 Å². The SMILES string of the molecule is CC1(C)S[C@H]2N(C(=O)C2(CO)NC(=O)COc2ccccc2)[C@H]1C(=O)OCc1ccccc1. The van der Waals surface area contributed by atoms with Crippen molar-refractivity contribution in [1.29, 1.82) is 0 Å². The highest BCUT2D eigenvalue weighted by atomic mass is 32.2. The van der Waals surface area contributed by atoms with Gasteiger partial charge in [-0.2, -0.15) is 0 Å². The van der Waals surface area contributed by atoms with Crippen molar-refractivity contribution in [2.75, 3.05) is 13.2 Å². The lowest BCUT2D eigenvalue weighted by atomic mass is 9.85. The number of ether oxygens (including phenoxy) is 2. The zero-order chi connectivity index (χ0) is 23.6. The first kappa shape index (κ1) is 23.1. The molecule has 9 heteroatoms. The van der Waals surface area contributed by atoms with Crippen LogP contribution in [0.3, 0.4) is 0 Å². The monoisotopic (exact) mass is 470 g/mol. The number of para-hydroxylation sites is 1. The van der Waals surface area contributed by atoms with E-state index in [1.54, 1.807) is 24.3 Å². The lowest BCUT2D eigenvalue weighted by molar-refractivity contribution is -0.174. The Kier molecular flexibility index (Phi) is 6.36. The van der Waals surface area contributed by atoms with Crippen LogP contribution in [0.2, 0.25) is 0 Å². The lowest BCUT2D eigenvalue weighted by Crippen LogP contribution is -2.81. The number of benzene rings is 2. The summed E-state index contributed by atoms with van der Waals surface area (Å²) in [6, 6.07) is 17.3. The highest BCUT2D eigenvalue weighted by Gasteiger charge is 2.72. The summed E-state index contributed by atoms with van der Waals surface area (Å²) in [5, 5.41) is 12.2. The highest BCUT2D eigenvalue weighted by molar-refractivity contribution is 8.01. The first-order chi connectivity index (χ1) is 15.8. The molecule has 0 spiro atoms. The lowest BCUT2D eigenvalue weighted by Gasteiger charge is -2.52. The van der Waals surface area contributed by atoms with Gasteiger partial charge in [-0.3, -0.25) is 9.59 Å². The summed E-state index contributed by atoms with van der Waals surface area (Å²) in [5.74, 6) is -1.04. The van der Waals surface area contributed by atoms with Crippen molar-refractivity contribution in [2.24, 2.45) is 0 Å². The van der Waals surface area contributed by atoms with Crippen molar-refractivity contribution in [2.45, 2.75) is 42.2 Å². The van der Waals surface area contributed by atoms with Gasteiger partial charge in [0.1, 0.15) is 23.8 Å². The second-order valence-electron chi connectivity index (χ2n) is 8.56. The number of rotatable bonds is 8. The molecule has 4 rings (SSSR count). The normalized spacial score (nSPS) is 25.1. The largest absolute Gasteiger partial charge is 0.484 e. The molecule has 2 amide bonds. The average Bonchev–Trinajstić information content (AvgIpc) is 3.09.